The zero-order valence-corrected chi connectivity index (χ0v) is 13.0. The average molecular weight is 341 g/mol. The van der Waals surface area contributed by atoms with Gasteiger partial charge in [0.2, 0.25) is 10.0 Å². The summed E-state index contributed by atoms with van der Waals surface area (Å²) in [5.41, 5.74) is 0.815. The van der Waals surface area contributed by atoms with Gasteiger partial charge in [-0.3, -0.25) is 10.1 Å². The lowest BCUT2D eigenvalue weighted by Crippen LogP contribution is -2.25. The van der Waals surface area contributed by atoms with Crippen molar-refractivity contribution in [1.29, 1.82) is 0 Å². The Labute approximate surface area is 132 Å². The third-order valence-electron chi connectivity index (χ3n) is 2.98. The van der Waals surface area contributed by atoms with Crippen LogP contribution in [0.1, 0.15) is 5.56 Å². The molecule has 0 saturated heterocycles. The third-order valence-corrected chi connectivity index (χ3v) is 4.71. The maximum atomic E-state index is 12.0. The van der Waals surface area contributed by atoms with Crippen LogP contribution in [0.4, 0.5) is 5.69 Å². The largest absolute Gasteiger partial charge is 0.269 e. The highest BCUT2D eigenvalue weighted by Crippen LogP contribution is 2.14. The Kier molecular flexibility index (Phi) is 5.12. The zero-order valence-electron chi connectivity index (χ0n) is 11.4. The first-order chi connectivity index (χ1) is 10.4. The van der Waals surface area contributed by atoms with Crippen LogP contribution in [-0.2, 0) is 16.4 Å². The van der Waals surface area contributed by atoms with E-state index in [1.165, 1.54) is 36.4 Å². The van der Waals surface area contributed by atoms with E-state index in [4.69, 9.17) is 11.6 Å². The van der Waals surface area contributed by atoms with E-state index >= 15 is 0 Å². The summed E-state index contributed by atoms with van der Waals surface area (Å²) in [5, 5.41) is 11.0. The summed E-state index contributed by atoms with van der Waals surface area (Å²) in [4.78, 5) is 10.2. The molecule has 6 nitrogen and oxygen atoms in total. The van der Waals surface area contributed by atoms with E-state index in [1.807, 2.05) is 0 Å². The molecule has 22 heavy (non-hydrogen) atoms. The van der Waals surface area contributed by atoms with Gasteiger partial charge in [0.05, 0.1) is 9.82 Å². The molecule has 0 aliphatic carbocycles. The summed E-state index contributed by atoms with van der Waals surface area (Å²) in [6, 6.07) is 11.9. The molecule has 0 aromatic heterocycles. The second-order valence-electron chi connectivity index (χ2n) is 4.53. The van der Waals surface area contributed by atoms with Gasteiger partial charge in [-0.25, -0.2) is 13.1 Å². The van der Waals surface area contributed by atoms with Crippen LogP contribution in [0.25, 0.3) is 0 Å². The number of sulfonamides is 1. The highest BCUT2D eigenvalue weighted by Gasteiger charge is 2.13. The molecule has 0 heterocycles. The second kappa shape index (κ2) is 6.87. The van der Waals surface area contributed by atoms with Gasteiger partial charge in [-0.05, 0) is 36.2 Å². The van der Waals surface area contributed by atoms with Gasteiger partial charge < -0.3 is 0 Å². The third kappa shape index (κ3) is 4.27. The predicted molar refractivity (Wildman–Crippen MR) is 83.4 cm³/mol. The monoisotopic (exact) mass is 340 g/mol. The minimum atomic E-state index is -3.59. The van der Waals surface area contributed by atoms with Gasteiger partial charge in [0.1, 0.15) is 0 Å². The Balaban J connectivity index is 1.95. The lowest BCUT2D eigenvalue weighted by molar-refractivity contribution is -0.384. The molecule has 0 atom stereocenters. The van der Waals surface area contributed by atoms with E-state index in [0.29, 0.717) is 11.4 Å². The summed E-state index contributed by atoms with van der Waals surface area (Å²) in [6.07, 6.45) is 0.435. The van der Waals surface area contributed by atoms with E-state index in [1.54, 1.807) is 12.1 Å². The van der Waals surface area contributed by atoms with E-state index < -0.39 is 14.9 Å². The van der Waals surface area contributed by atoms with Crippen molar-refractivity contribution in [3.8, 4) is 0 Å². The van der Waals surface area contributed by atoms with Crippen LogP contribution in [-0.4, -0.2) is 19.9 Å². The predicted octanol–water partition coefficient (Wildman–Crippen LogP) is 2.77. The molecule has 0 aliphatic rings. The molecule has 2 rings (SSSR count). The van der Waals surface area contributed by atoms with E-state index in [0.717, 1.165) is 5.56 Å². The van der Waals surface area contributed by atoms with Crippen molar-refractivity contribution in [2.24, 2.45) is 0 Å². The molecular formula is C14H13ClN2O4S. The van der Waals surface area contributed by atoms with Crippen molar-refractivity contribution >= 4 is 27.3 Å². The van der Waals surface area contributed by atoms with E-state index in [-0.39, 0.29) is 17.1 Å². The fourth-order valence-corrected chi connectivity index (χ4v) is 2.97. The molecule has 0 saturated carbocycles. The van der Waals surface area contributed by atoms with Crippen molar-refractivity contribution in [1.82, 2.24) is 4.72 Å². The molecule has 116 valence electrons. The summed E-state index contributed by atoms with van der Waals surface area (Å²) >= 11 is 5.72. The minimum Gasteiger partial charge on any atom is -0.258 e. The maximum absolute atomic E-state index is 12.0. The summed E-state index contributed by atoms with van der Waals surface area (Å²) in [7, 11) is -3.59. The maximum Gasteiger partial charge on any atom is 0.269 e. The van der Waals surface area contributed by atoms with E-state index in [2.05, 4.69) is 4.72 Å². The first-order valence-corrected chi connectivity index (χ1v) is 8.23. The number of halogens is 1. The van der Waals surface area contributed by atoms with Crippen LogP contribution in [0.2, 0.25) is 5.02 Å². The lowest BCUT2D eigenvalue weighted by atomic mass is 10.1. The Morgan fingerprint density at radius 2 is 1.64 bits per heavy atom. The molecule has 0 fully saturated rings. The van der Waals surface area contributed by atoms with Crippen molar-refractivity contribution in [2.75, 3.05) is 6.54 Å². The number of nitro benzene ring substituents is 1. The fourth-order valence-electron chi connectivity index (χ4n) is 1.81. The molecule has 0 radical (unpaired) electrons. The number of nitrogens with one attached hydrogen (secondary N) is 1. The minimum absolute atomic E-state index is 0.00509. The van der Waals surface area contributed by atoms with Gasteiger partial charge in [-0.2, -0.15) is 0 Å². The van der Waals surface area contributed by atoms with Gasteiger partial charge in [0.15, 0.2) is 0 Å². The number of hydrogen-bond acceptors (Lipinski definition) is 4. The average Bonchev–Trinajstić information content (AvgIpc) is 2.48. The Bertz CT molecular complexity index is 758. The summed E-state index contributed by atoms with van der Waals surface area (Å²) in [5.74, 6) is 0. The first-order valence-electron chi connectivity index (χ1n) is 6.37. The van der Waals surface area contributed by atoms with Crippen LogP contribution < -0.4 is 4.72 Å². The SMILES string of the molecule is O=[N+]([O-])c1ccc(CCNS(=O)(=O)c2ccc(Cl)cc2)cc1. The molecule has 8 heteroatoms. The number of non-ortho nitro benzene ring substituents is 1. The summed E-state index contributed by atoms with van der Waals surface area (Å²) < 4.78 is 26.5. The molecular weight excluding hydrogens is 328 g/mol. The fraction of sp³-hybridized carbons (Fsp3) is 0.143. The Morgan fingerprint density at radius 1 is 1.05 bits per heavy atom. The van der Waals surface area contributed by atoms with Gasteiger partial charge in [0, 0.05) is 23.7 Å². The van der Waals surface area contributed by atoms with Crippen LogP contribution in [0.15, 0.2) is 53.4 Å². The van der Waals surface area contributed by atoms with Crippen molar-refractivity contribution < 1.29 is 13.3 Å². The van der Waals surface area contributed by atoms with Crippen LogP contribution in [0, 0.1) is 10.1 Å². The Morgan fingerprint density at radius 3 is 2.18 bits per heavy atom. The smallest absolute Gasteiger partial charge is 0.258 e. The number of benzene rings is 2. The van der Waals surface area contributed by atoms with Gasteiger partial charge in [0.25, 0.3) is 5.69 Å². The zero-order chi connectivity index (χ0) is 16.2. The lowest BCUT2D eigenvalue weighted by Gasteiger charge is -2.07. The van der Waals surface area contributed by atoms with Crippen molar-refractivity contribution in [2.45, 2.75) is 11.3 Å². The molecule has 2 aromatic rings. The topological polar surface area (TPSA) is 89.3 Å². The van der Waals surface area contributed by atoms with Crippen LogP contribution in [0.5, 0.6) is 0 Å². The quantitative estimate of drug-likeness (QED) is 0.646. The first kappa shape index (κ1) is 16.4. The molecule has 0 spiro atoms. The van der Waals surface area contributed by atoms with Gasteiger partial charge in [-0.15, -0.1) is 0 Å². The highest BCUT2D eigenvalue weighted by molar-refractivity contribution is 7.89. The number of nitro groups is 1. The number of nitrogens with zero attached hydrogens (tertiary/aromatic N) is 1. The van der Waals surface area contributed by atoms with Crippen molar-refractivity contribution in [3.05, 3.63) is 69.2 Å². The standard InChI is InChI=1S/C14H13ClN2O4S/c15-12-3-7-14(8-4-12)22(20,21)16-10-9-11-1-5-13(6-2-11)17(18)19/h1-8,16H,9-10H2. The molecule has 1 N–H and O–H groups in total. The van der Waals surface area contributed by atoms with Crippen molar-refractivity contribution in [3.63, 3.8) is 0 Å². The Hall–Kier alpha value is -1.96. The van der Waals surface area contributed by atoms with Gasteiger partial charge >= 0.3 is 0 Å². The number of rotatable bonds is 6. The van der Waals surface area contributed by atoms with Crippen LogP contribution >= 0.6 is 11.6 Å². The summed E-state index contributed by atoms with van der Waals surface area (Å²) in [6.45, 7) is 0.197. The molecule has 2 aromatic carbocycles. The second-order valence-corrected chi connectivity index (χ2v) is 6.73. The van der Waals surface area contributed by atoms with E-state index in [9.17, 15) is 18.5 Å². The highest BCUT2D eigenvalue weighted by atomic mass is 35.5. The molecule has 0 unspecified atom stereocenters. The molecule has 0 aliphatic heterocycles. The molecule has 0 amide bonds. The molecule has 0 bridgehead atoms. The normalized spacial score (nSPS) is 11.3. The van der Waals surface area contributed by atoms with Gasteiger partial charge in [-0.1, -0.05) is 23.7 Å². The number of hydrogen-bond donors (Lipinski definition) is 1. The van der Waals surface area contributed by atoms with Crippen LogP contribution in [0.3, 0.4) is 0 Å².